The maximum atomic E-state index is 12.0. The number of halogens is 7. The number of nitrogens with zero attached hydrogens (tertiary/aromatic N) is 1. The minimum absolute atomic E-state index is 0.123. The highest BCUT2D eigenvalue weighted by molar-refractivity contribution is 8.83. The molecule has 0 saturated heterocycles. The highest BCUT2D eigenvalue weighted by Crippen LogP contribution is 2.44. The average Bonchev–Trinajstić information content (AvgIpc) is 1.94. The Morgan fingerprint density at radius 1 is 1.07 bits per heavy atom. The summed E-state index contributed by atoms with van der Waals surface area (Å²) in [5.74, 6) is 0. The van der Waals surface area contributed by atoms with Gasteiger partial charge in [-0.05, 0) is 34.0 Å². The van der Waals surface area contributed by atoms with Gasteiger partial charge in [-0.25, -0.2) is 0 Å². The molecule has 0 fully saturated rings. The lowest BCUT2D eigenvalue weighted by Crippen LogP contribution is -1.97. The van der Waals surface area contributed by atoms with Crippen LogP contribution in [0.3, 0.4) is 0 Å². The van der Waals surface area contributed by atoms with Crippen LogP contribution in [0.5, 0.6) is 0 Å². The molecule has 0 saturated carbocycles. The number of hydrogen-bond acceptors (Lipinski definition) is 4. The number of alkyl halides is 6. The third kappa shape index (κ3) is 11.4. The smallest absolute Gasteiger partial charge is 0.189 e. The number of rotatable bonds is 4. The van der Waals surface area contributed by atoms with Crippen LogP contribution >= 0.6 is 68.3 Å². The van der Waals surface area contributed by atoms with Crippen LogP contribution in [0.4, 0.5) is 17.6 Å². The van der Waals surface area contributed by atoms with Gasteiger partial charge in [0.05, 0.1) is 11.9 Å². The molecule has 0 N–H and O–H groups in total. The van der Waals surface area contributed by atoms with Crippen LogP contribution in [0, 0.1) is 0 Å². The largest absolute Gasteiger partial charge is 0.391 e. The van der Waals surface area contributed by atoms with E-state index in [2.05, 4.69) is 27.6 Å². The minimum Gasteiger partial charge on any atom is -0.189 e. The minimum atomic E-state index is -3.62. The zero-order valence-electron chi connectivity index (χ0n) is 5.82. The summed E-state index contributed by atoms with van der Waals surface area (Å²) in [5.41, 5.74) is 0. The van der Waals surface area contributed by atoms with E-state index in [0.29, 0.717) is 0 Å². The predicted octanol–water partition coefficient (Wildman–Crippen LogP) is 5.19. The van der Waals surface area contributed by atoms with Crippen molar-refractivity contribution in [1.82, 2.24) is 0 Å². The highest BCUT2D eigenvalue weighted by atomic mass is 35.5. The van der Waals surface area contributed by atoms with Crippen molar-refractivity contribution in [2.45, 2.75) is 9.43 Å². The molecular weight excluding hydrogens is 329 g/mol. The Hall–Kier alpha value is 1.31. The summed E-state index contributed by atoms with van der Waals surface area (Å²) in [6.07, 6.45) is 0. The molecule has 1 nitrogen and oxygen atoms in total. The normalized spacial score (nSPS) is 14.6. The Morgan fingerprint density at radius 3 is 1.93 bits per heavy atom. The van der Waals surface area contributed by atoms with Gasteiger partial charge in [0.25, 0.3) is 0 Å². The van der Waals surface area contributed by atoms with Crippen LogP contribution in [0.1, 0.15) is 0 Å². The van der Waals surface area contributed by atoms with Crippen molar-refractivity contribution in [3.8, 4) is 0 Å². The number of hydrogen-bond donors (Lipinski definition) is 0. The molecule has 0 rings (SSSR count). The Kier molecular flexibility index (Phi) is 6.72. The molecule has 0 aromatic rings. The molecule has 0 amide bonds. The SMILES string of the molecule is FC(F)(Cl)SN=C(Cl)SSC(F)(F)Cl. The molecule has 84 valence electrons. The van der Waals surface area contributed by atoms with E-state index in [1.54, 1.807) is 0 Å². The van der Waals surface area contributed by atoms with Crippen molar-refractivity contribution < 1.29 is 17.6 Å². The summed E-state index contributed by atoms with van der Waals surface area (Å²) in [6, 6.07) is 0. The summed E-state index contributed by atoms with van der Waals surface area (Å²) in [5, 5.41) is 0. The summed E-state index contributed by atoms with van der Waals surface area (Å²) in [6.45, 7) is 0. The molecule has 14 heavy (non-hydrogen) atoms. The zero-order valence-corrected chi connectivity index (χ0v) is 10.5. The van der Waals surface area contributed by atoms with Gasteiger partial charge in [0, 0.05) is 10.8 Å². The Morgan fingerprint density at radius 2 is 1.57 bits per heavy atom. The van der Waals surface area contributed by atoms with E-state index in [1.807, 2.05) is 0 Å². The van der Waals surface area contributed by atoms with Gasteiger partial charge in [-0.3, -0.25) is 0 Å². The summed E-state index contributed by atoms with van der Waals surface area (Å²) >= 11 is 13.8. The lowest BCUT2D eigenvalue weighted by molar-refractivity contribution is 0.203. The third-order valence-corrected chi connectivity index (χ3v) is 4.28. The summed E-state index contributed by atoms with van der Waals surface area (Å²) in [7, 11) is 0.138. The van der Waals surface area contributed by atoms with E-state index in [0.717, 1.165) is 0 Å². The van der Waals surface area contributed by atoms with E-state index in [-0.39, 0.29) is 33.5 Å². The van der Waals surface area contributed by atoms with Gasteiger partial charge in [-0.1, -0.05) is 11.6 Å². The lowest BCUT2D eigenvalue weighted by Gasteiger charge is -2.04. The lowest BCUT2D eigenvalue weighted by atomic mass is 11.6. The molecular formula is C3Cl3F4NS3. The second-order valence-corrected chi connectivity index (χ2v) is 6.58. The van der Waals surface area contributed by atoms with Gasteiger partial charge in [0.1, 0.15) is 0 Å². The Balaban J connectivity index is 3.91. The molecule has 0 spiro atoms. The molecule has 0 aromatic heterocycles. The van der Waals surface area contributed by atoms with Crippen LogP contribution in [-0.4, -0.2) is 13.9 Å². The Bertz CT molecular complexity index is 214. The van der Waals surface area contributed by atoms with Crippen molar-refractivity contribution in [3.05, 3.63) is 0 Å². The zero-order chi connectivity index (χ0) is 11.4. The third-order valence-electron chi connectivity index (χ3n) is 0.426. The fraction of sp³-hybridized carbons (Fsp3) is 0.667. The van der Waals surface area contributed by atoms with Crippen LogP contribution in [0.25, 0.3) is 0 Å². The predicted molar refractivity (Wildman–Crippen MR) is 57.7 cm³/mol. The van der Waals surface area contributed by atoms with E-state index >= 15 is 0 Å². The molecule has 0 radical (unpaired) electrons. The standard InChI is InChI=1S/C3Cl3F4NS3/c4-1(11-13-2(5,7)8)12-14-3(6,9)10. The van der Waals surface area contributed by atoms with Crippen molar-refractivity contribution in [3.63, 3.8) is 0 Å². The molecule has 0 bridgehead atoms. The molecule has 0 heterocycles. The maximum Gasteiger partial charge on any atom is 0.391 e. The fourth-order valence-electron chi connectivity index (χ4n) is 0.184. The molecule has 0 atom stereocenters. The second kappa shape index (κ2) is 6.15. The van der Waals surface area contributed by atoms with Crippen LogP contribution in [0.2, 0.25) is 0 Å². The van der Waals surface area contributed by atoms with Crippen LogP contribution < -0.4 is 0 Å². The second-order valence-electron chi connectivity index (χ2n) is 1.49. The van der Waals surface area contributed by atoms with Crippen LogP contribution in [0.15, 0.2) is 4.40 Å². The van der Waals surface area contributed by atoms with Gasteiger partial charge in [-0.2, -0.15) is 22.0 Å². The van der Waals surface area contributed by atoms with Crippen molar-refractivity contribution in [2.75, 3.05) is 0 Å². The fourth-order valence-corrected chi connectivity index (χ4v) is 2.29. The molecule has 0 aliphatic heterocycles. The quantitative estimate of drug-likeness (QED) is 0.176. The first-order valence-corrected chi connectivity index (χ1v) is 6.57. The molecule has 0 aliphatic carbocycles. The molecule has 11 heteroatoms. The molecule has 0 aromatic carbocycles. The Labute approximate surface area is 104 Å². The van der Waals surface area contributed by atoms with Gasteiger partial charge >= 0.3 is 9.43 Å². The van der Waals surface area contributed by atoms with E-state index in [4.69, 9.17) is 11.6 Å². The highest BCUT2D eigenvalue weighted by Gasteiger charge is 2.28. The summed E-state index contributed by atoms with van der Waals surface area (Å²) in [4.78, 5) is 0. The van der Waals surface area contributed by atoms with E-state index < -0.39 is 13.9 Å². The van der Waals surface area contributed by atoms with Gasteiger partial charge in [-0.15, -0.1) is 0 Å². The maximum absolute atomic E-state index is 12.0. The van der Waals surface area contributed by atoms with Crippen molar-refractivity contribution >= 4 is 72.8 Å². The van der Waals surface area contributed by atoms with Gasteiger partial charge < -0.3 is 0 Å². The first kappa shape index (κ1) is 15.3. The van der Waals surface area contributed by atoms with Crippen molar-refractivity contribution in [1.29, 1.82) is 0 Å². The van der Waals surface area contributed by atoms with Crippen LogP contribution in [-0.2, 0) is 0 Å². The van der Waals surface area contributed by atoms with E-state index in [1.165, 1.54) is 0 Å². The van der Waals surface area contributed by atoms with Gasteiger partial charge in [0.2, 0.25) is 0 Å². The van der Waals surface area contributed by atoms with E-state index in [9.17, 15) is 17.6 Å². The molecule has 0 unspecified atom stereocenters. The topological polar surface area (TPSA) is 12.4 Å². The average molecular weight is 329 g/mol. The van der Waals surface area contributed by atoms with Crippen molar-refractivity contribution in [2.24, 2.45) is 4.40 Å². The summed E-state index contributed by atoms with van der Waals surface area (Å²) < 4.78 is 43.1. The first-order chi connectivity index (χ1) is 6.10. The monoisotopic (exact) mass is 327 g/mol. The molecule has 0 aliphatic rings. The first-order valence-electron chi connectivity index (χ1n) is 2.51. The van der Waals surface area contributed by atoms with Gasteiger partial charge in [0.15, 0.2) is 4.50 Å².